The van der Waals surface area contributed by atoms with Crippen LogP contribution in [0.4, 0.5) is 10.5 Å². The number of likely N-dealkylation sites (tertiary alicyclic amines) is 1. The number of rotatable bonds is 6. The topological polar surface area (TPSA) is 49.9 Å². The van der Waals surface area contributed by atoms with Gasteiger partial charge in [0.05, 0.1) is 6.61 Å². The van der Waals surface area contributed by atoms with Gasteiger partial charge in [-0.15, -0.1) is 11.6 Å². The van der Waals surface area contributed by atoms with Crippen LogP contribution in [0, 0.1) is 13.8 Å². The molecule has 1 fully saturated rings. The maximum Gasteiger partial charge on any atom is 0.281 e. The first kappa shape index (κ1) is 25.8. The summed E-state index contributed by atoms with van der Waals surface area (Å²) in [4.78, 5) is 27.0. The Bertz CT molecular complexity index is 614. The fraction of sp³-hybridized carbons (Fsp3) is 0.636. The maximum absolute atomic E-state index is 11.9. The predicted molar refractivity (Wildman–Crippen MR) is 124 cm³/mol. The number of halogens is 1. The molecule has 29 heavy (non-hydrogen) atoms. The van der Waals surface area contributed by atoms with Crippen LogP contribution in [-0.4, -0.2) is 61.0 Å². The standard InChI is InChI=1S/C13H18ClNO2.C9H17NOS/c1-10-5-4-6-11(2)13(10)15(7-8-17-3)12(16)9-14;1-2-12-9(11)10-7-5-3-4-6-8-10/h4-6H,7-9H2,1-3H3;2-8H2,1H3. The van der Waals surface area contributed by atoms with Gasteiger partial charge in [0.2, 0.25) is 5.91 Å². The van der Waals surface area contributed by atoms with E-state index in [1.165, 1.54) is 37.4 Å². The lowest BCUT2D eigenvalue weighted by atomic mass is 10.1. The maximum atomic E-state index is 11.9. The molecule has 0 unspecified atom stereocenters. The molecule has 1 saturated heterocycles. The quantitative estimate of drug-likeness (QED) is 0.564. The van der Waals surface area contributed by atoms with Gasteiger partial charge < -0.3 is 14.5 Å². The molecule has 5 nitrogen and oxygen atoms in total. The summed E-state index contributed by atoms with van der Waals surface area (Å²) in [5.41, 5.74) is 3.08. The van der Waals surface area contributed by atoms with Crippen molar-refractivity contribution in [2.75, 3.05) is 49.9 Å². The first-order valence-electron chi connectivity index (χ1n) is 10.3. The summed E-state index contributed by atoms with van der Waals surface area (Å²) < 4.78 is 5.03. The number of alkyl halides is 1. The molecule has 0 N–H and O–H groups in total. The summed E-state index contributed by atoms with van der Waals surface area (Å²) in [7, 11) is 1.62. The summed E-state index contributed by atoms with van der Waals surface area (Å²) in [6.45, 7) is 8.98. The number of ether oxygens (including phenoxy) is 1. The van der Waals surface area contributed by atoms with Crippen molar-refractivity contribution in [3.63, 3.8) is 0 Å². The number of carbonyl (C=O) groups is 2. The molecule has 1 heterocycles. The second kappa shape index (κ2) is 14.7. The van der Waals surface area contributed by atoms with E-state index in [1.807, 2.05) is 43.9 Å². The average molecular weight is 443 g/mol. The first-order valence-corrected chi connectivity index (χ1v) is 11.8. The Labute approximate surface area is 185 Å². The average Bonchev–Trinajstić information content (AvgIpc) is 3.00. The number of amides is 2. The Hall–Kier alpha value is -1.24. The first-order chi connectivity index (χ1) is 14.0. The molecule has 0 bridgehead atoms. The van der Waals surface area contributed by atoms with E-state index in [2.05, 4.69) is 0 Å². The highest BCUT2D eigenvalue weighted by Crippen LogP contribution is 2.24. The highest BCUT2D eigenvalue weighted by molar-refractivity contribution is 8.13. The smallest absolute Gasteiger partial charge is 0.281 e. The van der Waals surface area contributed by atoms with Crippen LogP contribution in [0.3, 0.4) is 0 Å². The van der Waals surface area contributed by atoms with Gasteiger partial charge in [-0.2, -0.15) is 0 Å². The molecule has 1 aromatic rings. The van der Waals surface area contributed by atoms with E-state index in [0.717, 1.165) is 35.7 Å². The number of hydrogen-bond acceptors (Lipinski definition) is 4. The summed E-state index contributed by atoms with van der Waals surface area (Å²) >= 11 is 7.08. The fourth-order valence-electron chi connectivity index (χ4n) is 3.32. The van der Waals surface area contributed by atoms with Gasteiger partial charge in [-0.1, -0.05) is 49.7 Å². The SMILES string of the molecule is CCSC(=O)N1CCCCCC1.COCCN(C(=O)CCl)c1c(C)cccc1C. The van der Waals surface area contributed by atoms with Crippen LogP contribution >= 0.6 is 23.4 Å². The highest BCUT2D eigenvalue weighted by Gasteiger charge is 2.18. The minimum Gasteiger partial charge on any atom is -0.383 e. The molecule has 1 aromatic carbocycles. The Morgan fingerprint density at radius 1 is 1.14 bits per heavy atom. The van der Waals surface area contributed by atoms with Gasteiger partial charge >= 0.3 is 0 Å². The second-order valence-corrected chi connectivity index (χ2v) is 8.49. The third-order valence-corrected chi connectivity index (χ3v) is 5.80. The van der Waals surface area contributed by atoms with Crippen molar-refractivity contribution in [1.82, 2.24) is 4.90 Å². The molecule has 0 radical (unpaired) electrons. The van der Waals surface area contributed by atoms with Crippen molar-refractivity contribution in [2.45, 2.75) is 46.5 Å². The van der Waals surface area contributed by atoms with Gasteiger partial charge in [0, 0.05) is 32.4 Å². The molecule has 1 aliphatic rings. The van der Waals surface area contributed by atoms with Crippen LogP contribution in [0.15, 0.2) is 18.2 Å². The van der Waals surface area contributed by atoms with Crippen LogP contribution in [0.1, 0.15) is 43.7 Å². The Morgan fingerprint density at radius 3 is 2.21 bits per heavy atom. The lowest BCUT2D eigenvalue weighted by Gasteiger charge is -2.25. The van der Waals surface area contributed by atoms with E-state index >= 15 is 0 Å². The van der Waals surface area contributed by atoms with Gasteiger partial charge in [0.15, 0.2) is 0 Å². The Morgan fingerprint density at radius 2 is 1.72 bits per heavy atom. The number of benzene rings is 1. The van der Waals surface area contributed by atoms with Gasteiger partial charge in [0.1, 0.15) is 5.88 Å². The fourth-order valence-corrected chi connectivity index (χ4v) is 4.07. The number of methoxy groups -OCH3 is 1. The monoisotopic (exact) mass is 442 g/mol. The van der Waals surface area contributed by atoms with Crippen LogP contribution in [0.5, 0.6) is 0 Å². The largest absolute Gasteiger partial charge is 0.383 e. The van der Waals surface area contributed by atoms with Gasteiger partial charge in [-0.25, -0.2) is 0 Å². The number of hydrogen-bond donors (Lipinski definition) is 0. The lowest BCUT2D eigenvalue weighted by Crippen LogP contribution is -2.35. The highest BCUT2D eigenvalue weighted by atomic mass is 35.5. The number of aryl methyl sites for hydroxylation is 2. The minimum absolute atomic E-state index is 0.0164. The van der Waals surface area contributed by atoms with Gasteiger partial charge in [-0.05, 0) is 43.6 Å². The summed E-state index contributed by atoms with van der Waals surface area (Å²) in [6.07, 6.45) is 4.97. The molecule has 1 aliphatic heterocycles. The van der Waals surface area contributed by atoms with E-state index in [-0.39, 0.29) is 17.0 Å². The van der Waals surface area contributed by atoms with Crippen molar-refractivity contribution >= 4 is 40.2 Å². The van der Waals surface area contributed by atoms with E-state index in [1.54, 1.807) is 12.0 Å². The molecule has 164 valence electrons. The number of nitrogens with zero attached hydrogens (tertiary/aromatic N) is 2. The molecule has 0 aliphatic carbocycles. The van der Waals surface area contributed by atoms with Crippen molar-refractivity contribution < 1.29 is 14.3 Å². The van der Waals surface area contributed by atoms with E-state index in [0.29, 0.717) is 13.2 Å². The van der Waals surface area contributed by atoms with Crippen molar-refractivity contribution in [2.24, 2.45) is 0 Å². The molecule has 2 amide bonds. The zero-order valence-corrected chi connectivity index (χ0v) is 19.8. The summed E-state index contributed by atoms with van der Waals surface area (Å²) in [5.74, 6) is 0.786. The number of para-hydroxylation sites is 1. The number of carbonyl (C=O) groups excluding carboxylic acids is 2. The Kier molecular flexibility index (Phi) is 13.1. The Balaban J connectivity index is 0.000000308. The van der Waals surface area contributed by atoms with E-state index in [9.17, 15) is 9.59 Å². The number of thioether (sulfide) groups is 1. The minimum atomic E-state index is -0.0962. The lowest BCUT2D eigenvalue weighted by molar-refractivity contribution is -0.116. The van der Waals surface area contributed by atoms with E-state index in [4.69, 9.17) is 16.3 Å². The zero-order chi connectivity index (χ0) is 21.6. The van der Waals surface area contributed by atoms with Crippen molar-refractivity contribution in [1.29, 1.82) is 0 Å². The second-order valence-electron chi connectivity index (χ2n) is 7.01. The summed E-state index contributed by atoms with van der Waals surface area (Å²) in [5, 5.41) is 0.277. The van der Waals surface area contributed by atoms with Crippen molar-refractivity contribution in [3.8, 4) is 0 Å². The predicted octanol–water partition coefficient (Wildman–Crippen LogP) is 5.26. The molecular formula is C22H35ClN2O3S. The van der Waals surface area contributed by atoms with Crippen LogP contribution in [-0.2, 0) is 9.53 Å². The van der Waals surface area contributed by atoms with Crippen LogP contribution in [0.25, 0.3) is 0 Å². The molecule has 0 atom stereocenters. The van der Waals surface area contributed by atoms with Gasteiger partial charge in [0.25, 0.3) is 5.24 Å². The normalized spacial score (nSPS) is 13.9. The number of anilines is 1. The van der Waals surface area contributed by atoms with E-state index < -0.39 is 0 Å². The molecule has 0 spiro atoms. The zero-order valence-electron chi connectivity index (χ0n) is 18.2. The third kappa shape index (κ3) is 8.97. The third-order valence-electron chi connectivity index (χ3n) is 4.78. The molecular weight excluding hydrogens is 408 g/mol. The molecule has 7 heteroatoms. The molecule has 0 aromatic heterocycles. The van der Waals surface area contributed by atoms with Crippen molar-refractivity contribution in [3.05, 3.63) is 29.3 Å². The summed E-state index contributed by atoms with van der Waals surface area (Å²) in [6, 6.07) is 5.96. The van der Waals surface area contributed by atoms with Crippen LogP contribution < -0.4 is 4.90 Å². The van der Waals surface area contributed by atoms with Crippen LogP contribution in [0.2, 0.25) is 0 Å². The van der Waals surface area contributed by atoms with Gasteiger partial charge in [-0.3, -0.25) is 9.59 Å². The molecule has 0 saturated carbocycles. The molecule has 2 rings (SSSR count).